The third kappa shape index (κ3) is 15.2. The Morgan fingerprint density at radius 2 is 0.724 bits per heavy atom. The molecule has 0 spiro atoms. The summed E-state index contributed by atoms with van der Waals surface area (Å²) < 4.78 is 27.2. The van der Waals surface area contributed by atoms with E-state index in [9.17, 15) is 8.78 Å². The smallest absolute Gasteiger partial charge is 0.156 e. The maximum Gasteiger partial charge on any atom is 0.408 e. The lowest BCUT2D eigenvalue weighted by Crippen LogP contribution is -2.23. The number of halogens is 3. The first kappa shape index (κ1) is 29.8. The fourth-order valence-corrected chi connectivity index (χ4v) is 9.81. The van der Waals surface area contributed by atoms with Crippen LogP contribution < -0.4 is 0 Å². The molecule has 0 aromatic rings. The van der Waals surface area contributed by atoms with E-state index in [1.54, 1.807) is 0 Å². The predicted octanol–water partition coefficient (Wildman–Crippen LogP) is 11.0. The summed E-state index contributed by atoms with van der Waals surface area (Å²) in [5, 5.41) is 0. The van der Waals surface area contributed by atoms with Crippen LogP contribution in [-0.2, 0) is 0 Å². The van der Waals surface area contributed by atoms with Gasteiger partial charge in [-0.25, -0.2) is 0 Å². The van der Waals surface area contributed by atoms with Gasteiger partial charge >= 0.3 is 4.57 Å². The lowest BCUT2D eigenvalue weighted by molar-refractivity contribution is 0.207. The van der Waals surface area contributed by atoms with E-state index in [1.165, 1.54) is 77.0 Å². The van der Waals surface area contributed by atoms with Crippen molar-refractivity contribution in [2.75, 3.05) is 18.5 Å². The Kier molecular flexibility index (Phi) is 20.0. The Balaban J connectivity index is 4.67. The van der Waals surface area contributed by atoms with Crippen LogP contribution in [-0.4, -0.2) is 23.1 Å². The number of alkyl halides is 3. The standard InChI is InChI=1S/C25H51BrF2P/c1-4-7-10-13-16-19-22-29(25(26,27)28,23-20-17-14-11-8-5-2)24-21-18-15-12-9-6-3/h4-24H2,1-3H3/q+1. The molecule has 4 heteroatoms. The van der Waals surface area contributed by atoms with Gasteiger partial charge in [0.05, 0.1) is 18.5 Å². The molecule has 0 bridgehead atoms. The van der Waals surface area contributed by atoms with Crippen molar-refractivity contribution in [3.8, 4) is 0 Å². The molecule has 0 radical (unpaired) electrons. The molecule has 0 nitrogen and oxygen atoms in total. The van der Waals surface area contributed by atoms with Crippen molar-refractivity contribution >= 4 is 23.2 Å². The molecule has 0 aliphatic carbocycles. The highest BCUT2D eigenvalue weighted by molar-refractivity contribution is 9.11. The van der Waals surface area contributed by atoms with Crippen LogP contribution in [0.1, 0.15) is 136 Å². The third-order valence-corrected chi connectivity index (χ3v) is 13.2. The molecule has 0 heterocycles. The lowest BCUT2D eigenvalue weighted by atomic mass is 10.1. The highest BCUT2D eigenvalue weighted by Crippen LogP contribution is 2.74. The first-order valence-corrected chi connectivity index (χ1v) is 16.0. The van der Waals surface area contributed by atoms with Crippen LogP contribution in [0.15, 0.2) is 0 Å². The molecule has 0 aliphatic heterocycles. The normalized spacial score (nSPS) is 12.6. The zero-order valence-electron chi connectivity index (χ0n) is 19.9. The van der Waals surface area contributed by atoms with Gasteiger partial charge in [-0.1, -0.05) is 97.8 Å². The first-order valence-electron chi connectivity index (χ1n) is 12.9. The highest BCUT2D eigenvalue weighted by atomic mass is 79.9. The monoisotopic (exact) mass is 499 g/mol. The summed E-state index contributed by atoms with van der Waals surface area (Å²) in [6.07, 6.45) is 23.8. The first-order chi connectivity index (χ1) is 13.9. The van der Waals surface area contributed by atoms with Crippen LogP contribution in [0.3, 0.4) is 0 Å². The molecule has 0 N–H and O–H groups in total. The van der Waals surface area contributed by atoms with Gasteiger partial charge in [-0.05, 0) is 38.5 Å². The van der Waals surface area contributed by atoms with Crippen molar-refractivity contribution in [3.05, 3.63) is 0 Å². The van der Waals surface area contributed by atoms with E-state index in [0.29, 0.717) is 0 Å². The molecule has 0 aromatic carbocycles. The van der Waals surface area contributed by atoms with Gasteiger partial charge in [0.15, 0.2) is 0 Å². The largest absolute Gasteiger partial charge is 0.408 e. The number of rotatable bonds is 22. The Labute approximate surface area is 191 Å². The van der Waals surface area contributed by atoms with E-state index in [0.717, 1.165) is 57.0 Å². The SMILES string of the molecule is CCCCCCCC[P+](CCCCCCCC)(CCCCCCCC)C(F)(F)Br. The van der Waals surface area contributed by atoms with Crippen LogP contribution >= 0.6 is 23.2 Å². The fraction of sp³-hybridized carbons (Fsp3) is 1.00. The zero-order valence-corrected chi connectivity index (χ0v) is 22.4. The summed E-state index contributed by atoms with van der Waals surface area (Å²) in [6, 6.07) is 0. The van der Waals surface area contributed by atoms with Gasteiger partial charge < -0.3 is 0 Å². The summed E-state index contributed by atoms with van der Waals surface area (Å²) >= 11 is 2.90. The summed E-state index contributed by atoms with van der Waals surface area (Å²) in [5.74, 6) is 0. The van der Waals surface area contributed by atoms with Crippen molar-refractivity contribution in [2.45, 2.75) is 141 Å². The molecule has 0 saturated carbocycles. The van der Waals surface area contributed by atoms with Gasteiger partial charge in [0.2, 0.25) is 0 Å². The van der Waals surface area contributed by atoms with Crippen LogP contribution in [0.4, 0.5) is 8.78 Å². The van der Waals surface area contributed by atoms with Crippen LogP contribution in [0.2, 0.25) is 0 Å². The van der Waals surface area contributed by atoms with Crippen LogP contribution in [0.25, 0.3) is 0 Å². The van der Waals surface area contributed by atoms with Crippen molar-refractivity contribution < 1.29 is 8.78 Å². The van der Waals surface area contributed by atoms with E-state index < -0.39 is 11.8 Å². The molecule has 176 valence electrons. The molecule has 0 saturated heterocycles. The second kappa shape index (κ2) is 19.5. The summed E-state index contributed by atoms with van der Waals surface area (Å²) in [6.45, 7) is 6.68. The van der Waals surface area contributed by atoms with E-state index in [2.05, 4.69) is 36.7 Å². The van der Waals surface area contributed by atoms with Crippen molar-refractivity contribution in [3.63, 3.8) is 0 Å². The molecule has 0 aromatic heterocycles. The maximum absolute atomic E-state index is 14.9. The lowest BCUT2D eigenvalue weighted by Gasteiger charge is -2.31. The maximum atomic E-state index is 14.9. The van der Waals surface area contributed by atoms with Crippen molar-refractivity contribution in [1.29, 1.82) is 0 Å². The van der Waals surface area contributed by atoms with E-state index in [-0.39, 0.29) is 0 Å². The molecule has 29 heavy (non-hydrogen) atoms. The minimum absolute atomic E-state index is 0.793. The predicted molar refractivity (Wildman–Crippen MR) is 136 cm³/mol. The quantitative estimate of drug-likeness (QED) is 0.0788. The number of hydrogen-bond donors (Lipinski definition) is 0. The van der Waals surface area contributed by atoms with Crippen molar-refractivity contribution in [1.82, 2.24) is 0 Å². The second-order valence-corrected chi connectivity index (χ2v) is 14.9. The average molecular weight is 501 g/mol. The van der Waals surface area contributed by atoms with E-state index >= 15 is 0 Å². The second-order valence-electron chi connectivity index (χ2n) is 9.09. The summed E-state index contributed by atoms with van der Waals surface area (Å²) in [7, 11) is -2.26. The molecule has 0 aliphatic rings. The molecule has 0 atom stereocenters. The zero-order chi connectivity index (χ0) is 21.8. The molecule has 0 amide bonds. The fourth-order valence-electron chi connectivity index (χ4n) is 4.30. The van der Waals surface area contributed by atoms with Crippen LogP contribution in [0, 0.1) is 0 Å². The Morgan fingerprint density at radius 1 is 0.483 bits per heavy atom. The summed E-state index contributed by atoms with van der Waals surface area (Å²) in [4.78, 5) is 0. The van der Waals surface area contributed by atoms with Crippen molar-refractivity contribution in [2.24, 2.45) is 0 Å². The van der Waals surface area contributed by atoms with E-state index in [1.807, 2.05) is 0 Å². The Hall–Kier alpha value is 0.770. The van der Waals surface area contributed by atoms with E-state index in [4.69, 9.17) is 0 Å². The Morgan fingerprint density at radius 3 is 0.966 bits per heavy atom. The molecular weight excluding hydrogens is 449 g/mol. The topological polar surface area (TPSA) is 0 Å². The average Bonchev–Trinajstić information content (AvgIpc) is 2.68. The Bertz CT molecular complexity index is 303. The van der Waals surface area contributed by atoms with Gasteiger partial charge in [-0.2, -0.15) is 8.78 Å². The van der Waals surface area contributed by atoms with Gasteiger partial charge in [0, 0.05) is 15.9 Å². The molecule has 0 unspecified atom stereocenters. The van der Waals surface area contributed by atoms with Crippen LogP contribution in [0.5, 0.6) is 0 Å². The number of unbranched alkanes of at least 4 members (excludes halogenated alkanes) is 15. The molecule has 0 rings (SSSR count). The van der Waals surface area contributed by atoms with Gasteiger partial charge in [-0.3, -0.25) is 0 Å². The third-order valence-electron chi connectivity index (χ3n) is 6.36. The highest BCUT2D eigenvalue weighted by Gasteiger charge is 2.57. The summed E-state index contributed by atoms with van der Waals surface area (Å²) in [5.41, 5.74) is 0. The van der Waals surface area contributed by atoms with Gasteiger partial charge in [0.25, 0.3) is 0 Å². The minimum atomic E-state index is -2.63. The number of hydrogen-bond acceptors (Lipinski definition) is 0. The molecular formula is C25H51BrF2P+. The minimum Gasteiger partial charge on any atom is -0.156 e. The van der Waals surface area contributed by atoms with Gasteiger partial charge in [0.1, 0.15) is 7.26 Å². The molecule has 0 fully saturated rings. The van der Waals surface area contributed by atoms with Gasteiger partial charge in [-0.15, -0.1) is 0 Å².